The van der Waals surface area contributed by atoms with Crippen LogP contribution in [-0.4, -0.2) is 29.7 Å². The van der Waals surface area contributed by atoms with Gasteiger partial charge in [0.15, 0.2) is 0 Å². The average Bonchev–Trinajstić information content (AvgIpc) is 2.38. The Labute approximate surface area is 109 Å². The summed E-state index contributed by atoms with van der Waals surface area (Å²) in [5.74, 6) is 1.89. The third-order valence-corrected chi connectivity index (χ3v) is 3.50. The number of aryl methyl sites for hydroxylation is 2. The van der Waals surface area contributed by atoms with Gasteiger partial charge in [-0.05, 0) is 39.0 Å². The minimum Gasteiger partial charge on any atom is -0.383 e. The van der Waals surface area contributed by atoms with Gasteiger partial charge in [0.2, 0.25) is 0 Å². The van der Waals surface area contributed by atoms with E-state index >= 15 is 0 Å². The molecule has 100 valence electrons. The molecule has 1 atom stereocenters. The zero-order valence-electron chi connectivity index (χ0n) is 11.6. The molecule has 0 spiro atoms. The van der Waals surface area contributed by atoms with Gasteiger partial charge in [0.05, 0.1) is 12.6 Å². The van der Waals surface area contributed by atoms with Gasteiger partial charge in [-0.15, -0.1) is 0 Å². The number of nitrogens with zero attached hydrogens (tertiary/aromatic N) is 2. The largest absolute Gasteiger partial charge is 0.383 e. The Morgan fingerprint density at radius 2 is 2.06 bits per heavy atom. The SMILES string of the molecule is CCC(COC)Nc1nc(C)nc2c1CCCC2. The molecule has 0 radical (unpaired) electrons. The quantitative estimate of drug-likeness (QED) is 0.871. The molecule has 0 aromatic carbocycles. The van der Waals surface area contributed by atoms with E-state index in [2.05, 4.69) is 22.2 Å². The number of rotatable bonds is 5. The van der Waals surface area contributed by atoms with Crippen LogP contribution in [0.1, 0.15) is 43.3 Å². The zero-order chi connectivity index (χ0) is 13.0. The van der Waals surface area contributed by atoms with Crippen LogP contribution in [0.4, 0.5) is 5.82 Å². The van der Waals surface area contributed by atoms with E-state index in [0.29, 0.717) is 12.6 Å². The number of aromatic nitrogens is 2. The zero-order valence-corrected chi connectivity index (χ0v) is 11.6. The van der Waals surface area contributed by atoms with E-state index < -0.39 is 0 Å². The van der Waals surface area contributed by atoms with E-state index in [4.69, 9.17) is 4.74 Å². The predicted octanol–water partition coefficient (Wildman–Crippen LogP) is 2.50. The number of hydrogen-bond donors (Lipinski definition) is 1. The van der Waals surface area contributed by atoms with Crippen molar-refractivity contribution in [1.82, 2.24) is 9.97 Å². The van der Waals surface area contributed by atoms with Crippen molar-refractivity contribution in [3.63, 3.8) is 0 Å². The van der Waals surface area contributed by atoms with Gasteiger partial charge in [0.1, 0.15) is 11.6 Å². The van der Waals surface area contributed by atoms with Crippen molar-refractivity contribution in [2.24, 2.45) is 0 Å². The molecule has 4 heteroatoms. The van der Waals surface area contributed by atoms with Gasteiger partial charge in [0, 0.05) is 18.4 Å². The van der Waals surface area contributed by atoms with Crippen LogP contribution < -0.4 is 5.32 Å². The fourth-order valence-electron chi connectivity index (χ4n) is 2.49. The topological polar surface area (TPSA) is 47.0 Å². The molecule has 1 aromatic rings. The lowest BCUT2D eigenvalue weighted by molar-refractivity contribution is 0.184. The lowest BCUT2D eigenvalue weighted by atomic mass is 9.96. The van der Waals surface area contributed by atoms with Crippen molar-refractivity contribution >= 4 is 5.82 Å². The highest BCUT2D eigenvalue weighted by Crippen LogP contribution is 2.26. The van der Waals surface area contributed by atoms with E-state index in [1.54, 1.807) is 7.11 Å². The summed E-state index contributed by atoms with van der Waals surface area (Å²) in [6, 6.07) is 0.329. The molecule has 2 rings (SSSR count). The molecule has 4 nitrogen and oxygen atoms in total. The van der Waals surface area contributed by atoms with Crippen LogP contribution >= 0.6 is 0 Å². The molecule has 1 aliphatic rings. The highest BCUT2D eigenvalue weighted by atomic mass is 16.5. The summed E-state index contributed by atoms with van der Waals surface area (Å²) in [5, 5.41) is 3.52. The third kappa shape index (κ3) is 2.99. The van der Waals surface area contributed by atoms with Gasteiger partial charge < -0.3 is 10.1 Å². The fourth-order valence-corrected chi connectivity index (χ4v) is 2.49. The van der Waals surface area contributed by atoms with Crippen molar-refractivity contribution < 1.29 is 4.74 Å². The number of hydrogen-bond acceptors (Lipinski definition) is 4. The van der Waals surface area contributed by atoms with E-state index in [-0.39, 0.29) is 0 Å². The first kappa shape index (κ1) is 13.3. The number of ether oxygens (including phenoxy) is 1. The first-order valence-electron chi connectivity index (χ1n) is 6.86. The molecule has 0 aliphatic heterocycles. The Morgan fingerprint density at radius 1 is 1.28 bits per heavy atom. The standard InChI is InChI=1S/C14H23N3O/c1-4-11(9-18-3)17-14-12-7-5-6-8-13(12)15-10(2)16-14/h11H,4-9H2,1-3H3,(H,15,16,17). The smallest absolute Gasteiger partial charge is 0.133 e. The molecule has 0 bridgehead atoms. The highest BCUT2D eigenvalue weighted by Gasteiger charge is 2.18. The predicted molar refractivity (Wildman–Crippen MR) is 73.0 cm³/mol. The second-order valence-corrected chi connectivity index (χ2v) is 4.96. The highest BCUT2D eigenvalue weighted by molar-refractivity contribution is 5.48. The van der Waals surface area contributed by atoms with Crippen LogP contribution in [-0.2, 0) is 17.6 Å². The molecule has 0 amide bonds. The van der Waals surface area contributed by atoms with Crippen molar-refractivity contribution in [3.05, 3.63) is 17.1 Å². The molecular weight excluding hydrogens is 226 g/mol. The van der Waals surface area contributed by atoms with Gasteiger partial charge >= 0.3 is 0 Å². The Hall–Kier alpha value is -1.16. The minimum absolute atomic E-state index is 0.329. The maximum atomic E-state index is 5.24. The second kappa shape index (κ2) is 6.14. The fraction of sp³-hybridized carbons (Fsp3) is 0.714. The number of nitrogens with one attached hydrogen (secondary N) is 1. The molecule has 0 saturated carbocycles. The monoisotopic (exact) mass is 249 g/mol. The van der Waals surface area contributed by atoms with Crippen molar-refractivity contribution in [1.29, 1.82) is 0 Å². The van der Waals surface area contributed by atoms with Crippen LogP contribution in [0.5, 0.6) is 0 Å². The summed E-state index contributed by atoms with van der Waals surface area (Å²) >= 11 is 0. The normalized spacial score (nSPS) is 16.2. The van der Waals surface area contributed by atoms with Crippen LogP contribution in [0, 0.1) is 6.92 Å². The second-order valence-electron chi connectivity index (χ2n) is 4.96. The summed E-state index contributed by atoms with van der Waals surface area (Å²) in [6.45, 7) is 4.85. The summed E-state index contributed by atoms with van der Waals surface area (Å²) < 4.78 is 5.24. The summed E-state index contributed by atoms with van der Waals surface area (Å²) in [7, 11) is 1.74. The Bertz CT molecular complexity index is 406. The molecule has 1 aromatic heterocycles. The Balaban J connectivity index is 2.23. The molecule has 1 aliphatic carbocycles. The van der Waals surface area contributed by atoms with Crippen molar-refractivity contribution in [3.8, 4) is 0 Å². The van der Waals surface area contributed by atoms with Gasteiger partial charge in [-0.2, -0.15) is 0 Å². The molecule has 18 heavy (non-hydrogen) atoms. The summed E-state index contributed by atoms with van der Waals surface area (Å²) in [6.07, 6.45) is 5.72. The molecule has 0 fully saturated rings. The lowest BCUT2D eigenvalue weighted by Gasteiger charge is -2.23. The van der Waals surface area contributed by atoms with Crippen LogP contribution in [0.15, 0.2) is 0 Å². The van der Waals surface area contributed by atoms with Crippen LogP contribution in [0.2, 0.25) is 0 Å². The third-order valence-electron chi connectivity index (χ3n) is 3.50. The van der Waals surface area contributed by atoms with Crippen LogP contribution in [0.3, 0.4) is 0 Å². The van der Waals surface area contributed by atoms with Crippen molar-refractivity contribution in [2.45, 2.75) is 52.0 Å². The number of anilines is 1. The molecular formula is C14H23N3O. The van der Waals surface area contributed by atoms with E-state index in [0.717, 1.165) is 30.9 Å². The van der Waals surface area contributed by atoms with E-state index in [9.17, 15) is 0 Å². The summed E-state index contributed by atoms with van der Waals surface area (Å²) in [5.41, 5.74) is 2.56. The number of methoxy groups -OCH3 is 1. The van der Waals surface area contributed by atoms with Gasteiger partial charge in [-0.1, -0.05) is 6.92 Å². The molecule has 1 unspecified atom stereocenters. The Kier molecular flexibility index (Phi) is 4.53. The van der Waals surface area contributed by atoms with Gasteiger partial charge in [0.25, 0.3) is 0 Å². The van der Waals surface area contributed by atoms with E-state index in [1.165, 1.54) is 24.1 Å². The molecule has 1 N–H and O–H groups in total. The Morgan fingerprint density at radius 3 is 2.78 bits per heavy atom. The minimum atomic E-state index is 0.329. The molecule has 1 heterocycles. The van der Waals surface area contributed by atoms with E-state index in [1.807, 2.05) is 6.92 Å². The maximum absolute atomic E-state index is 5.24. The van der Waals surface area contributed by atoms with Gasteiger partial charge in [-0.3, -0.25) is 0 Å². The average molecular weight is 249 g/mol. The maximum Gasteiger partial charge on any atom is 0.133 e. The first-order valence-corrected chi connectivity index (χ1v) is 6.86. The summed E-state index contributed by atoms with van der Waals surface area (Å²) in [4.78, 5) is 9.15. The lowest BCUT2D eigenvalue weighted by Crippen LogP contribution is -2.26. The molecule has 0 saturated heterocycles. The van der Waals surface area contributed by atoms with Gasteiger partial charge in [-0.25, -0.2) is 9.97 Å². The van der Waals surface area contributed by atoms with Crippen LogP contribution in [0.25, 0.3) is 0 Å². The van der Waals surface area contributed by atoms with Crippen molar-refractivity contribution in [2.75, 3.05) is 19.0 Å². The number of fused-ring (bicyclic) bond motifs is 1. The first-order chi connectivity index (χ1) is 8.74.